The molecule has 1 aliphatic carbocycles. The molecule has 0 radical (unpaired) electrons. The number of aromatic hydroxyl groups is 1. The molecule has 1 fully saturated rings. The Labute approximate surface area is 235 Å². The van der Waals surface area contributed by atoms with E-state index < -0.39 is 29.3 Å². The molecular weight excluding hydrogens is 494 g/mol. The lowest BCUT2D eigenvalue weighted by Crippen LogP contribution is -2.61. The lowest BCUT2D eigenvalue weighted by molar-refractivity contribution is -0.150. The molecule has 3 N–H and O–H groups in total. The van der Waals surface area contributed by atoms with Crippen LogP contribution in [0.1, 0.15) is 118 Å². The average molecular weight is 546 g/mol. The minimum atomic E-state index is -1.08. The van der Waals surface area contributed by atoms with Gasteiger partial charge in [0.2, 0.25) is 11.8 Å². The van der Waals surface area contributed by atoms with Gasteiger partial charge in [-0.25, -0.2) is 4.79 Å². The van der Waals surface area contributed by atoms with Crippen LogP contribution in [0.3, 0.4) is 0 Å². The van der Waals surface area contributed by atoms with Crippen LogP contribution in [0.2, 0.25) is 0 Å². The van der Waals surface area contributed by atoms with Crippen molar-refractivity contribution in [2.45, 2.75) is 137 Å². The largest absolute Gasteiger partial charge is 0.507 e. The van der Waals surface area contributed by atoms with Crippen LogP contribution in [0.25, 0.3) is 0 Å². The van der Waals surface area contributed by atoms with Crippen molar-refractivity contribution in [3.63, 3.8) is 0 Å². The summed E-state index contributed by atoms with van der Waals surface area (Å²) >= 11 is 0. The molecule has 8 nitrogen and oxygen atoms in total. The normalized spacial score (nSPS) is 17.1. The van der Waals surface area contributed by atoms with Gasteiger partial charge in [0.25, 0.3) is 0 Å². The highest BCUT2D eigenvalue weighted by molar-refractivity contribution is 5.93. The van der Waals surface area contributed by atoms with E-state index in [1.165, 1.54) is 0 Å². The van der Waals surface area contributed by atoms with Crippen molar-refractivity contribution < 1.29 is 24.2 Å². The lowest BCUT2D eigenvalue weighted by Gasteiger charge is -2.45. The number of nitrogens with one attached hydrogen (secondary N) is 2. The molecule has 3 atom stereocenters. The van der Waals surface area contributed by atoms with Gasteiger partial charge in [-0.05, 0) is 72.3 Å². The van der Waals surface area contributed by atoms with Crippen molar-refractivity contribution >= 4 is 17.9 Å². The van der Waals surface area contributed by atoms with E-state index in [-0.39, 0.29) is 29.5 Å². The Morgan fingerprint density at radius 2 is 1.69 bits per heavy atom. The third kappa shape index (κ3) is 8.61. The van der Waals surface area contributed by atoms with Crippen molar-refractivity contribution in [1.82, 2.24) is 15.5 Å². The lowest BCUT2D eigenvalue weighted by atomic mass is 9.88. The third-order valence-electron chi connectivity index (χ3n) is 7.93. The summed E-state index contributed by atoms with van der Waals surface area (Å²) in [5.41, 5.74) is -0.512. The summed E-state index contributed by atoms with van der Waals surface area (Å²) in [4.78, 5) is 43.1. The first kappa shape index (κ1) is 32.4. The fourth-order valence-electron chi connectivity index (χ4n) is 5.04. The summed E-state index contributed by atoms with van der Waals surface area (Å²) in [6.07, 6.45) is 5.51. The van der Waals surface area contributed by atoms with Crippen molar-refractivity contribution in [1.29, 1.82) is 0 Å². The van der Waals surface area contributed by atoms with Gasteiger partial charge >= 0.3 is 6.09 Å². The maximum Gasteiger partial charge on any atom is 0.408 e. The highest BCUT2D eigenvalue weighted by Gasteiger charge is 2.45. The molecule has 8 heteroatoms. The highest BCUT2D eigenvalue weighted by atomic mass is 16.6. The van der Waals surface area contributed by atoms with Crippen LogP contribution in [-0.4, -0.2) is 51.1 Å². The fourth-order valence-corrected chi connectivity index (χ4v) is 5.04. The van der Waals surface area contributed by atoms with Gasteiger partial charge in [0.15, 0.2) is 0 Å². The van der Waals surface area contributed by atoms with Gasteiger partial charge < -0.3 is 25.4 Å². The number of nitrogens with zero attached hydrogens (tertiary/aromatic N) is 1. The molecule has 0 heterocycles. The van der Waals surface area contributed by atoms with Gasteiger partial charge in [-0.2, -0.15) is 0 Å². The summed E-state index contributed by atoms with van der Waals surface area (Å²) < 4.78 is 5.49. The molecule has 2 rings (SSSR count). The van der Waals surface area contributed by atoms with Gasteiger partial charge in [-0.3, -0.25) is 9.59 Å². The predicted octanol–water partition coefficient (Wildman–Crippen LogP) is 6.15. The first-order valence-corrected chi connectivity index (χ1v) is 14.5. The maximum atomic E-state index is 14.6. The number of ether oxygens (including phenoxy) is 1. The average Bonchev–Trinajstić information content (AvgIpc) is 2.86. The zero-order valence-corrected chi connectivity index (χ0v) is 25.5. The third-order valence-corrected chi connectivity index (χ3v) is 7.93. The molecule has 0 aromatic heterocycles. The first-order chi connectivity index (χ1) is 18.1. The van der Waals surface area contributed by atoms with E-state index in [2.05, 4.69) is 10.6 Å². The number of hydrogen-bond acceptors (Lipinski definition) is 5. The number of alkyl carbamates (subject to hydrolysis) is 1. The minimum Gasteiger partial charge on any atom is -0.507 e. The Kier molecular flexibility index (Phi) is 11.3. The molecule has 0 aliphatic heterocycles. The summed E-state index contributed by atoms with van der Waals surface area (Å²) in [6.45, 7) is 16.7. The fraction of sp³-hybridized carbons (Fsp3) is 0.710. The number of benzene rings is 1. The molecule has 1 aromatic carbocycles. The number of para-hydroxylation sites is 1. The second-order valence-electron chi connectivity index (χ2n) is 12.6. The van der Waals surface area contributed by atoms with Crippen LogP contribution in [0.5, 0.6) is 5.75 Å². The number of aryl methyl sites for hydroxylation is 1. The first-order valence-electron chi connectivity index (χ1n) is 14.5. The molecule has 0 bridgehead atoms. The van der Waals surface area contributed by atoms with Crippen LogP contribution in [0, 0.1) is 12.8 Å². The van der Waals surface area contributed by atoms with Gasteiger partial charge in [0.1, 0.15) is 23.4 Å². The van der Waals surface area contributed by atoms with Gasteiger partial charge in [0, 0.05) is 17.1 Å². The number of rotatable bonds is 10. The smallest absolute Gasteiger partial charge is 0.408 e. The summed E-state index contributed by atoms with van der Waals surface area (Å²) in [6, 6.07) is 3.29. The molecule has 3 unspecified atom stereocenters. The molecule has 1 aromatic rings. The number of phenols is 1. The van der Waals surface area contributed by atoms with Crippen LogP contribution in [0.4, 0.5) is 4.79 Å². The Morgan fingerprint density at radius 1 is 1.08 bits per heavy atom. The number of hydrogen-bond donors (Lipinski definition) is 3. The zero-order valence-electron chi connectivity index (χ0n) is 25.5. The number of carbonyl (C=O) groups is 3. The van der Waals surface area contributed by atoms with Crippen molar-refractivity contribution in [2.75, 3.05) is 0 Å². The van der Waals surface area contributed by atoms with Crippen LogP contribution < -0.4 is 10.6 Å². The predicted molar refractivity (Wildman–Crippen MR) is 154 cm³/mol. The zero-order chi connectivity index (χ0) is 29.5. The summed E-state index contributed by atoms with van der Waals surface area (Å²) in [5.74, 6) is -0.941. The van der Waals surface area contributed by atoms with Crippen molar-refractivity contribution in [3.05, 3.63) is 29.3 Å². The molecule has 39 heavy (non-hydrogen) atoms. The second-order valence-corrected chi connectivity index (χ2v) is 12.6. The van der Waals surface area contributed by atoms with E-state index in [1.54, 1.807) is 50.8 Å². The Balaban J connectivity index is 2.64. The van der Waals surface area contributed by atoms with Gasteiger partial charge in [0.05, 0.1) is 0 Å². The van der Waals surface area contributed by atoms with Gasteiger partial charge in [-0.15, -0.1) is 0 Å². The van der Waals surface area contributed by atoms with E-state index >= 15 is 0 Å². The Bertz CT molecular complexity index is 994. The summed E-state index contributed by atoms with van der Waals surface area (Å²) in [5, 5.41) is 17.2. The molecule has 0 spiro atoms. The number of phenolic OH excluding ortho intramolecular Hbond substituents is 1. The van der Waals surface area contributed by atoms with E-state index in [0.717, 1.165) is 32.1 Å². The Morgan fingerprint density at radius 3 is 2.23 bits per heavy atom. The van der Waals surface area contributed by atoms with E-state index in [1.807, 2.05) is 34.6 Å². The van der Waals surface area contributed by atoms with Crippen molar-refractivity contribution in [3.8, 4) is 5.75 Å². The minimum absolute atomic E-state index is 0.00816. The quantitative estimate of drug-likeness (QED) is 0.327. The van der Waals surface area contributed by atoms with Gasteiger partial charge in [-0.1, -0.05) is 64.7 Å². The summed E-state index contributed by atoms with van der Waals surface area (Å²) in [7, 11) is 0. The topological polar surface area (TPSA) is 108 Å². The number of carbonyl (C=O) groups excluding carboxylic acids is 3. The molecule has 220 valence electrons. The molecule has 0 saturated heterocycles. The monoisotopic (exact) mass is 545 g/mol. The van der Waals surface area contributed by atoms with Crippen molar-refractivity contribution in [2.24, 2.45) is 5.92 Å². The second kappa shape index (κ2) is 13.5. The van der Waals surface area contributed by atoms with Crippen LogP contribution >= 0.6 is 0 Å². The molecule has 1 saturated carbocycles. The molecule has 1 aliphatic rings. The molecular formula is C31H51N3O5. The van der Waals surface area contributed by atoms with Crippen LogP contribution in [0.15, 0.2) is 18.2 Å². The Hall–Kier alpha value is -2.77. The maximum absolute atomic E-state index is 14.6. The SMILES string of the molecule is CCC(C)C(NC(=O)OC(C)(C)C)C(=O)N(C(C(=O)NC1CCCCC1)c1cccc(C)c1O)C(C)(C)CC. The highest BCUT2D eigenvalue weighted by Crippen LogP contribution is 2.38. The molecule has 3 amide bonds. The van der Waals surface area contributed by atoms with E-state index in [9.17, 15) is 19.5 Å². The van der Waals surface area contributed by atoms with E-state index in [4.69, 9.17) is 4.74 Å². The number of amides is 3. The van der Waals surface area contributed by atoms with Crippen LogP contribution in [-0.2, 0) is 14.3 Å². The standard InChI is InChI=1S/C31H51N3O5/c1-10-20(3)24(33-29(38)39-30(5,6)7)28(37)34(31(8,9)11-2)25(23-19-15-16-21(4)26(23)35)27(36)32-22-17-13-12-14-18-22/h15-16,19-20,22,24-25,35H,10-14,17-18H2,1-9H3,(H,32,36)(H,33,38). The van der Waals surface area contributed by atoms with E-state index in [0.29, 0.717) is 24.0 Å².